The maximum absolute atomic E-state index is 14.5. The molecule has 2 aliphatic rings. The molecule has 238 valence electrons. The summed E-state index contributed by atoms with van der Waals surface area (Å²) in [5.74, 6) is 0.308. The molecule has 0 atom stereocenters. The van der Waals surface area contributed by atoms with Crippen molar-refractivity contribution in [2.45, 2.75) is 63.7 Å². The molecule has 3 aromatic heterocycles. The molecule has 4 aromatic rings. The van der Waals surface area contributed by atoms with Gasteiger partial charge in [0, 0.05) is 56.3 Å². The molecule has 0 aliphatic carbocycles. The van der Waals surface area contributed by atoms with E-state index in [1.54, 1.807) is 24.5 Å². The summed E-state index contributed by atoms with van der Waals surface area (Å²) in [6.07, 6.45) is 1.11. The summed E-state index contributed by atoms with van der Waals surface area (Å²) in [6, 6.07) is 13.9. The van der Waals surface area contributed by atoms with Gasteiger partial charge >= 0.3 is 6.18 Å². The molecule has 1 amide bonds. The van der Waals surface area contributed by atoms with Gasteiger partial charge in [0.25, 0.3) is 0 Å². The first-order chi connectivity index (χ1) is 21.7. The van der Waals surface area contributed by atoms with Crippen molar-refractivity contribution in [2.75, 3.05) is 31.9 Å². The molecule has 7 nitrogen and oxygen atoms in total. The average Bonchev–Trinajstić information content (AvgIpc) is 3.34. The van der Waals surface area contributed by atoms with Crippen molar-refractivity contribution in [3.63, 3.8) is 0 Å². The van der Waals surface area contributed by atoms with Gasteiger partial charge in [-0.25, -0.2) is 9.37 Å². The van der Waals surface area contributed by atoms with Crippen LogP contribution in [-0.2, 0) is 17.9 Å². The van der Waals surface area contributed by atoms with Crippen molar-refractivity contribution >= 4 is 22.6 Å². The normalized spacial score (nSPS) is 17.3. The number of nitrogen functional groups attached to an aromatic ring is 1. The lowest BCUT2D eigenvalue weighted by Gasteiger charge is -2.37. The van der Waals surface area contributed by atoms with Crippen LogP contribution in [0, 0.1) is 11.7 Å². The Morgan fingerprint density at radius 3 is 2.40 bits per heavy atom. The predicted molar refractivity (Wildman–Crippen MR) is 166 cm³/mol. The van der Waals surface area contributed by atoms with Crippen LogP contribution in [0.3, 0.4) is 0 Å². The summed E-state index contributed by atoms with van der Waals surface area (Å²) < 4.78 is 55.6. The van der Waals surface area contributed by atoms with Crippen LogP contribution in [0.25, 0.3) is 22.3 Å². The largest absolute Gasteiger partial charge is 0.389 e. The van der Waals surface area contributed by atoms with E-state index in [2.05, 4.69) is 14.9 Å². The monoisotopic (exact) mass is 622 g/mol. The number of aryl methyl sites for hydroxylation is 1. The fraction of sp³-hybridized carbons (Fsp3) is 0.441. The number of likely N-dealkylation sites (tertiary alicyclic amines) is 2. The first-order valence-corrected chi connectivity index (χ1v) is 15.7. The second-order valence-electron chi connectivity index (χ2n) is 12.2. The molecular formula is C34H38F4N6O. The van der Waals surface area contributed by atoms with E-state index < -0.39 is 18.4 Å². The maximum Gasteiger partial charge on any atom is 0.389 e. The molecule has 2 fully saturated rings. The van der Waals surface area contributed by atoms with Crippen LogP contribution in [0.1, 0.15) is 55.6 Å². The van der Waals surface area contributed by atoms with E-state index in [4.69, 9.17) is 5.73 Å². The number of carbonyl (C=O) groups is 1. The van der Waals surface area contributed by atoms with Gasteiger partial charge < -0.3 is 15.2 Å². The van der Waals surface area contributed by atoms with Crippen LogP contribution < -0.4 is 5.73 Å². The predicted octanol–water partition coefficient (Wildman–Crippen LogP) is 6.78. The number of pyridine rings is 2. The van der Waals surface area contributed by atoms with Crippen LogP contribution in [-0.4, -0.2) is 62.6 Å². The lowest BCUT2D eigenvalue weighted by molar-refractivity contribution is -0.138. The van der Waals surface area contributed by atoms with E-state index in [-0.39, 0.29) is 30.7 Å². The number of amides is 1. The third-order valence-corrected chi connectivity index (χ3v) is 9.22. The summed E-state index contributed by atoms with van der Waals surface area (Å²) >= 11 is 0. The first-order valence-electron chi connectivity index (χ1n) is 15.7. The van der Waals surface area contributed by atoms with E-state index >= 15 is 0 Å². The minimum Gasteiger partial charge on any atom is -0.384 e. The SMILES string of the molecule is Nc1cc(CN2CCC(C(=O)N3CCC(c4c(-c5ccccn5)n(CCCC(F)(F)F)c5cc(F)ccc45)CC3)CC2)ccn1. The molecule has 0 saturated carbocycles. The maximum atomic E-state index is 14.5. The molecule has 45 heavy (non-hydrogen) atoms. The number of fused-ring (bicyclic) bond motifs is 1. The summed E-state index contributed by atoms with van der Waals surface area (Å²) in [5, 5.41) is 0.831. The number of alkyl halides is 3. The summed E-state index contributed by atoms with van der Waals surface area (Å²) in [5.41, 5.74) is 9.89. The topological polar surface area (TPSA) is 80.3 Å². The quantitative estimate of drug-likeness (QED) is 0.219. The zero-order valence-electron chi connectivity index (χ0n) is 25.1. The van der Waals surface area contributed by atoms with E-state index in [1.807, 2.05) is 33.7 Å². The molecule has 2 N–H and O–H groups in total. The second kappa shape index (κ2) is 13.2. The molecule has 6 rings (SSSR count). The molecular weight excluding hydrogens is 584 g/mol. The number of halogens is 4. The van der Waals surface area contributed by atoms with Crippen molar-refractivity contribution in [3.8, 4) is 11.4 Å². The number of piperidine rings is 2. The van der Waals surface area contributed by atoms with Crippen LogP contribution in [0.4, 0.5) is 23.4 Å². The van der Waals surface area contributed by atoms with Gasteiger partial charge in [0.05, 0.1) is 16.9 Å². The van der Waals surface area contributed by atoms with E-state index in [0.717, 1.165) is 54.7 Å². The van der Waals surface area contributed by atoms with Gasteiger partial charge in [-0.3, -0.25) is 14.7 Å². The van der Waals surface area contributed by atoms with Crippen molar-refractivity contribution in [1.29, 1.82) is 0 Å². The van der Waals surface area contributed by atoms with E-state index in [0.29, 0.717) is 43.0 Å². The highest BCUT2D eigenvalue weighted by atomic mass is 19.4. The van der Waals surface area contributed by atoms with Crippen LogP contribution in [0.2, 0.25) is 0 Å². The number of anilines is 1. The Morgan fingerprint density at radius 2 is 1.71 bits per heavy atom. The molecule has 2 aliphatic heterocycles. The third-order valence-electron chi connectivity index (χ3n) is 9.22. The number of hydrogen-bond donors (Lipinski definition) is 1. The number of nitrogens with zero attached hydrogens (tertiary/aromatic N) is 5. The van der Waals surface area contributed by atoms with Gasteiger partial charge in [-0.15, -0.1) is 0 Å². The van der Waals surface area contributed by atoms with E-state index in [9.17, 15) is 22.4 Å². The summed E-state index contributed by atoms with van der Waals surface area (Å²) in [4.78, 5) is 26.5. The average molecular weight is 623 g/mol. The Labute approximate surface area is 260 Å². The lowest BCUT2D eigenvalue weighted by atomic mass is 9.85. The molecule has 11 heteroatoms. The fourth-order valence-corrected chi connectivity index (χ4v) is 7.05. The van der Waals surface area contributed by atoms with Crippen LogP contribution in [0.15, 0.2) is 60.9 Å². The van der Waals surface area contributed by atoms with Gasteiger partial charge in [-0.2, -0.15) is 13.2 Å². The summed E-state index contributed by atoms with van der Waals surface area (Å²) in [6.45, 7) is 3.76. The standard InChI is InChI=1S/C34H38F4N6O/c35-26-5-6-27-29(21-26)44(15-3-12-34(36,37)38)32(28-4-1-2-13-40-28)31(27)24-10-18-43(19-11-24)33(45)25-8-16-42(17-9-25)22-23-7-14-41-30(39)20-23/h1-2,4-7,13-14,20-21,24-25H,3,8-12,15-19,22H2,(H2,39,41). The van der Waals surface area contributed by atoms with Crippen LogP contribution in [0.5, 0.6) is 0 Å². The second-order valence-corrected chi connectivity index (χ2v) is 12.2. The number of hydrogen-bond acceptors (Lipinski definition) is 5. The molecule has 0 bridgehead atoms. The molecule has 0 unspecified atom stereocenters. The zero-order chi connectivity index (χ0) is 31.6. The Bertz CT molecular complexity index is 1620. The number of nitrogens with two attached hydrogens (primary N) is 1. The number of rotatable bonds is 8. The first kappa shape index (κ1) is 31.0. The Balaban J connectivity index is 1.17. The van der Waals surface area contributed by atoms with Gasteiger partial charge in [0.15, 0.2) is 0 Å². The van der Waals surface area contributed by atoms with Crippen molar-refractivity contribution < 1.29 is 22.4 Å². The smallest absolute Gasteiger partial charge is 0.384 e. The molecule has 0 spiro atoms. The Hall–Kier alpha value is -3.99. The number of carbonyl (C=O) groups excluding carboxylic acids is 1. The highest BCUT2D eigenvalue weighted by Crippen LogP contribution is 2.43. The van der Waals surface area contributed by atoms with Gasteiger partial charge in [-0.1, -0.05) is 6.07 Å². The Kier molecular flexibility index (Phi) is 9.07. The zero-order valence-corrected chi connectivity index (χ0v) is 25.1. The van der Waals surface area contributed by atoms with E-state index in [1.165, 1.54) is 12.1 Å². The Morgan fingerprint density at radius 1 is 0.933 bits per heavy atom. The number of aromatic nitrogens is 3. The van der Waals surface area contributed by atoms with Crippen molar-refractivity contribution in [2.24, 2.45) is 5.92 Å². The fourth-order valence-electron chi connectivity index (χ4n) is 7.05. The van der Waals surface area contributed by atoms with Crippen molar-refractivity contribution in [3.05, 3.63) is 77.9 Å². The highest BCUT2D eigenvalue weighted by Gasteiger charge is 2.34. The highest BCUT2D eigenvalue weighted by molar-refractivity contribution is 5.92. The summed E-state index contributed by atoms with van der Waals surface area (Å²) in [7, 11) is 0. The molecule has 0 radical (unpaired) electrons. The minimum absolute atomic E-state index is 0.0112. The van der Waals surface area contributed by atoms with Crippen molar-refractivity contribution in [1.82, 2.24) is 24.3 Å². The van der Waals surface area contributed by atoms with Gasteiger partial charge in [0.2, 0.25) is 5.91 Å². The number of benzene rings is 1. The van der Waals surface area contributed by atoms with Gasteiger partial charge in [-0.05, 0) is 105 Å². The van der Waals surface area contributed by atoms with Gasteiger partial charge in [0.1, 0.15) is 11.6 Å². The third kappa shape index (κ3) is 7.13. The molecule has 5 heterocycles. The molecule has 1 aromatic carbocycles. The lowest BCUT2D eigenvalue weighted by Crippen LogP contribution is -2.45. The van der Waals surface area contributed by atoms with Crippen LogP contribution >= 0.6 is 0 Å². The minimum atomic E-state index is -4.27. The molecule has 2 saturated heterocycles.